The number of nitrogens with zero attached hydrogens (tertiary/aromatic N) is 2. The Bertz CT molecular complexity index is 1250. The van der Waals surface area contributed by atoms with Gasteiger partial charge in [-0.2, -0.15) is 4.39 Å². The lowest BCUT2D eigenvalue weighted by atomic mass is 9.81. The standard InChI is InChI=1S/C29H32FN3O2/c30-29-28-24-3-1-2-23(20-12-16-35-17-13-20)27(25(24)8-9-26(28)31-32-29)21-4-6-22(7-5-21)33-14-10-19(18-34)11-15-33/h4-9,18-20H,1-3,10-17H2,(H,31,32). The normalized spacial score (nSPS) is 20.2. The van der Waals surface area contributed by atoms with E-state index in [9.17, 15) is 9.18 Å². The number of aromatic nitrogens is 2. The molecular weight excluding hydrogens is 441 g/mol. The predicted octanol–water partition coefficient (Wildman–Crippen LogP) is 5.68. The van der Waals surface area contributed by atoms with Crippen LogP contribution in [0.3, 0.4) is 0 Å². The third-order valence-electron chi connectivity index (χ3n) is 8.22. The number of H-pyrrole nitrogens is 1. The number of aryl methyl sites for hydroxylation is 1. The molecule has 0 saturated carbocycles. The highest BCUT2D eigenvalue weighted by atomic mass is 19.1. The van der Waals surface area contributed by atoms with Gasteiger partial charge in [-0.25, -0.2) is 0 Å². The van der Waals surface area contributed by atoms with Gasteiger partial charge in [-0.05, 0) is 91.3 Å². The van der Waals surface area contributed by atoms with Crippen molar-refractivity contribution >= 4 is 28.4 Å². The molecule has 1 aliphatic carbocycles. The molecule has 6 rings (SSSR count). The summed E-state index contributed by atoms with van der Waals surface area (Å²) in [7, 11) is 0. The number of carbonyl (C=O) groups is 1. The molecule has 0 unspecified atom stereocenters. The van der Waals surface area contributed by atoms with Crippen LogP contribution in [0.15, 0.2) is 42.0 Å². The first kappa shape index (κ1) is 22.5. The zero-order valence-corrected chi connectivity index (χ0v) is 20.1. The fraction of sp³-hybridized carbons (Fsp3) is 0.448. The molecule has 3 aliphatic rings. The minimum Gasteiger partial charge on any atom is -0.381 e. The lowest BCUT2D eigenvalue weighted by Gasteiger charge is -2.32. The van der Waals surface area contributed by atoms with Crippen molar-refractivity contribution in [2.45, 2.75) is 44.9 Å². The molecule has 182 valence electrons. The smallest absolute Gasteiger partial charge is 0.240 e. The topological polar surface area (TPSA) is 58.2 Å². The van der Waals surface area contributed by atoms with Crippen LogP contribution >= 0.6 is 0 Å². The average Bonchev–Trinajstić information content (AvgIpc) is 3.19. The zero-order valence-electron chi connectivity index (χ0n) is 20.1. The maximum atomic E-state index is 14.8. The largest absolute Gasteiger partial charge is 0.381 e. The highest BCUT2D eigenvalue weighted by Crippen LogP contribution is 2.43. The Morgan fingerprint density at radius 1 is 1.00 bits per heavy atom. The molecule has 3 aromatic rings. The molecule has 2 aliphatic heterocycles. The second kappa shape index (κ2) is 9.57. The molecule has 0 atom stereocenters. The molecule has 3 heterocycles. The first-order chi connectivity index (χ1) is 17.2. The quantitative estimate of drug-likeness (QED) is 0.495. The van der Waals surface area contributed by atoms with Crippen molar-refractivity contribution in [3.05, 3.63) is 64.6 Å². The first-order valence-corrected chi connectivity index (χ1v) is 13.0. The van der Waals surface area contributed by atoms with Crippen molar-refractivity contribution < 1.29 is 13.9 Å². The molecule has 5 nitrogen and oxygen atoms in total. The summed E-state index contributed by atoms with van der Waals surface area (Å²) in [5.74, 6) is 0.289. The van der Waals surface area contributed by atoms with E-state index in [0.717, 1.165) is 94.2 Å². The number of allylic oxidation sites excluding steroid dienone is 1. The van der Waals surface area contributed by atoms with Gasteiger partial charge in [0.15, 0.2) is 0 Å². The van der Waals surface area contributed by atoms with Gasteiger partial charge in [0.25, 0.3) is 0 Å². The minimum atomic E-state index is -0.403. The van der Waals surface area contributed by atoms with Gasteiger partial charge in [0.05, 0.1) is 10.9 Å². The summed E-state index contributed by atoms with van der Waals surface area (Å²) >= 11 is 0. The molecule has 0 bridgehead atoms. The zero-order chi connectivity index (χ0) is 23.8. The summed E-state index contributed by atoms with van der Waals surface area (Å²) < 4.78 is 20.4. The van der Waals surface area contributed by atoms with E-state index in [1.807, 2.05) is 6.07 Å². The number of benzene rings is 2. The highest BCUT2D eigenvalue weighted by Gasteiger charge is 2.28. The van der Waals surface area contributed by atoms with Gasteiger partial charge < -0.3 is 14.4 Å². The van der Waals surface area contributed by atoms with Crippen LogP contribution < -0.4 is 4.90 Å². The molecule has 2 saturated heterocycles. The van der Waals surface area contributed by atoms with Gasteiger partial charge in [-0.15, -0.1) is 5.10 Å². The van der Waals surface area contributed by atoms with Crippen molar-refractivity contribution in [3.63, 3.8) is 0 Å². The molecule has 2 fully saturated rings. The van der Waals surface area contributed by atoms with Crippen molar-refractivity contribution in [3.8, 4) is 0 Å². The van der Waals surface area contributed by atoms with Gasteiger partial charge in [0, 0.05) is 37.9 Å². The number of hydrogen-bond donors (Lipinski definition) is 1. The summed E-state index contributed by atoms with van der Waals surface area (Å²) in [6.07, 6.45) is 7.92. The van der Waals surface area contributed by atoms with Crippen LogP contribution in [0.1, 0.15) is 55.2 Å². The third kappa shape index (κ3) is 4.18. The van der Waals surface area contributed by atoms with E-state index in [0.29, 0.717) is 11.3 Å². The van der Waals surface area contributed by atoms with E-state index in [1.54, 1.807) is 0 Å². The molecule has 1 aromatic heterocycles. The van der Waals surface area contributed by atoms with Crippen LogP contribution in [-0.4, -0.2) is 42.8 Å². The number of nitrogens with one attached hydrogen (secondary N) is 1. The van der Waals surface area contributed by atoms with Crippen molar-refractivity contribution in [1.29, 1.82) is 0 Å². The van der Waals surface area contributed by atoms with Crippen LogP contribution in [0.2, 0.25) is 0 Å². The number of anilines is 1. The molecule has 1 N–H and O–H groups in total. The molecule has 6 heteroatoms. The van der Waals surface area contributed by atoms with Crippen LogP contribution in [-0.2, 0) is 16.0 Å². The summed E-state index contributed by atoms with van der Waals surface area (Å²) in [4.78, 5) is 13.5. The minimum absolute atomic E-state index is 0.195. The lowest BCUT2D eigenvalue weighted by Crippen LogP contribution is -2.34. The second-order valence-electron chi connectivity index (χ2n) is 10.2. The number of halogens is 1. The number of aldehydes is 1. The molecule has 0 radical (unpaired) electrons. The summed E-state index contributed by atoms with van der Waals surface area (Å²) in [5, 5.41) is 7.36. The second-order valence-corrected chi connectivity index (χ2v) is 10.2. The van der Waals surface area contributed by atoms with Crippen LogP contribution in [0.5, 0.6) is 0 Å². The Morgan fingerprint density at radius 2 is 1.77 bits per heavy atom. The van der Waals surface area contributed by atoms with Gasteiger partial charge >= 0.3 is 0 Å². The molecule has 2 aromatic carbocycles. The molecule has 0 spiro atoms. The Balaban J connectivity index is 1.43. The predicted molar refractivity (Wildman–Crippen MR) is 136 cm³/mol. The maximum Gasteiger partial charge on any atom is 0.240 e. The summed E-state index contributed by atoms with van der Waals surface area (Å²) in [6, 6.07) is 13.0. The van der Waals surface area contributed by atoms with Gasteiger partial charge in [-0.3, -0.25) is 5.10 Å². The number of hydrogen-bond acceptors (Lipinski definition) is 4. The van der Waals surface area contributed by atoms with Crippen molar-refractivity contribution in [2.75, 3.05) is 31.2 Å². The highest BCUT2D eigenvalue weighted by molar-refractivity contribution is 5.93. The molecule has 0 amide bonds. The lowest BCUT2D eigenvalue weighted by molar-refractivity contribution is -0.111. The van der Waals surface area contributed by atoms with Crippen molar-refractivity contribution in [2.24, 2.45) is 11.8 Å². The monoisotopic (exact) mass is 473 g/mol. The van der Waals surface area contributed by atoms with E-state index >= 15 is 0 Å². The SMILES string of the molecule is O=CC1CCN(c2ccc(C3=C(C4CCOCC4)CCCc4c3ccc3[nH]nc(F)c43)cc2)CC1. The summed E-state index contributed by atoms with van der Waals surface area (Å²) in [6.45, 7) is 3.44. The maximum absolute atomic E-state index is 14.8. The van der Waals surface area contributed by atoms with Gasteiger partial charge in [0.1, 0.15) is 6.29 Å². The van der Waals surface area contributed by atoms with E-state index < -0.39 is 5.95 Å². The van der Waals surface area contributed by atoms with Gasteiger partial charge in [0.2, 0.25) is 5.95 Å². The van der Waals surface area contributed by atoms with E-state index in [-0.39, 0.29) is 5.92 Å². The number of aromatic amines is 1. The van der Waals surface area contributed by atoms with E-state index in [1.165, 1.54) is 22.4 Å². The van der Waals surface area contributed by atoms with Crippen LogP contribution in [0, 0.1) is 17.8 Å². The van der Waals surface area contributed by atoms with E-state index in [4.69, 9.17) is 4.74 Å². The number of carbonyl (C=O) groups excluding carboxylic acids is 1. The Labute approximate surface area is 205 Å². The first-order valence-electron chi connectivity index (χ1n) is 13.0. The van der Waals surface area contributed by atoms with E-state index in [2.05, 4.69) is 45.4 Å². The number of ether oxygens (including phenoxy) is 1. The van der Waals surface area contributed by atoms with Gasteiger partial charge in [-0.1, -0.05) is 23.8 Å². The number of rotatable bonds is 4. The fourth-order valence-electron chi connectivity index (χ4n) is 6.32. The third-order valence-corrected chi connectivity index (χ3v) is 8.22. The fourth-order valence-corrected chi connectivity index (χ4v) is 6.32. The van der Waals surface area contributed by atoms with Crippen molar-refractivity contribution in [1.82, 2.24) is 10.2 Å². The molecular formula is C29H32FN3O2. The number of fused-ring (bicyclic) bond motifs is 3. The van der Waals surface area contributed by atoms with Crippen LogP contribution in [0.25, 0.3) is 16.5 Å². The Morgan fingerprint density at radius 3 is 2.51 bits per heavy atom. The summed E-state index contributed by atoms with van der Waals surface area (Å²) in [5.41, 5.74) is 8.17. The average molecular weight is 474 g/mol. The van der Waals surface area contributed by atoms with Crippen LogP contribution in [0.4, 0.5) is 10.1 Å². The molecule has 35 heavy (non-hydrogen) atoms. The Kier molecular flexibility index (Phi) is 6.15. The number of piperidine rings is 1. The Hall–Kier alpha value is -2.99.